The van der Waals surface area contributed by atoms with Crippen LogP contribution in [-0.4, -0.2) is 30.6 Å². The maximum absolute atomic E-state index is 5.91. The van der Waals surface area contributed by atoms with Gasteiger partial charge in [-0.05, 0) is 56.3 Å². The first-order valence-electron chi connectivity index (χ1n) is 10.9. The lowest BCUT2D eigenvalue weighted by Crippen LogP contribution is -2.41. The number of hydrogen-bond acceptors (Lipinski definition) is 2. The van der Waals surface area contributed by atoms with Crippen LogP contribution in [0.15, 0.2) is 36.9 Å². The normalized spacial score (nSPS) is 22.0. The summed E-state index contributed by atoms with van der Waals surface area (Å²) in [5, 5.41) is 0. The summed E-state index contributed by atoms with van der Waals surface area (Å²) < 4.78 is 5.91. The van der Waals surface area contributed by atoms with Gasteiger partial charge in [0, 0.05) is 6.04 Å². The minimum atomic E-state index is 0.595. The highest BCUT2D eigenvalue weighted by atomic mass is 16.5. The van der Waals surface area contributed by atoms with Gasteiger partial charge in [-0.15, -0.1) is 0 Å². The van der Waals surface area contributed by atoms with Crippen LogP contribution in [0.25, 0.3) is 0 Å². The monoisotopic (exact) mass is 355 g/mol. The van der Waals surface area contributed by atoms with Crippen molar-refractivity contribution in [3.63, 3.8) is 0 Å². The average Bonchev–Trinajstić information content (AvgIpc) is 2.71. The van der Waals surface area contributed by atoms with E-state index in [1.165, 1.54) is 89.3 Å². The summed E-state index contributed by atoms with van der Waals surface area (Å²) in [5.41, 5.74) is 1.40. The van der Waals surface area contributed by atoms with Gasteiger partial charge in [-0.1, -0.05) is 75.8 Å². The minimum absolute atomic E-state index is 0.595. The van der Waals surface area contributed by atoms with E-state index < -0.39 is 0 Å². The number of hydrogen-bond donors (Lipinski definition) is 0. The Balaban J connectivity index is 1.55. The van der Waals surface area contributed by atoms with E-state index in [0.29, 0.717) is 12.5 Å². The fraction of sp³-hybridized carbons (Fsp3) is 0.667. The fourth-order valence-corrected chi connectivity index (χ4v) is 4.83. The van der Waals surface area contributed by atoms with Crippen molar-refractivity contribution >= 4 is 0 Å². The molecule has 0 spiro atoms. The first kappa shape index (κ1) is 19.5. The lowest BCUT2D eigenvalue weighted by molar-refractivity contribution is 0.131. The first-order valence-corrected chi connectivity index (χ1v) is 10.9. The Morgan fingerprint density at radius 1 is 0.885 bits per heavy atom. The topological polar surface area (TPSA) is 12.5 Å². The molecule has 0 aromatic heterocycles. The highest BCUT2D eigenvalue weighted by molar-refractivity contribution is 5.36. The Kier molecular flexibility index (Phi) is 8.07. The Hall–Kier alpha value is -1.28. The van der Waals surface area contributed by atoms with Gasteiger partial charge in [-0.3, -0.25) is 0 Å². The second-order valence-corrected chi connectivity index (χ2v) is 8.15. The molecule has 0 atom stereocenters. The van der Waals surface area contributed by atoms with Gasteiger partial charge >= 0.3 is 0 Å². The Bertz CT molecular complexity index is 523. The van der Waals surface area contributed by atoms with E-state index in [1.807, 2.05) is 6.08 Å². The van der Waals surface area contributed by atoms with E-state index in [1.54, 1.807) is 0 Å². The van der Waals surface area contributed by atoms with Gasteiger partial charge in [-0.2, -0.15) is 0 Å². The molecule has 1 saturated heterocycles. The molecule has 1 heterocycles. The Morgan fingerprint density at radius 2 is 1.50 bits per heavy atom. The molecule has 1 aromatic rings. The third-order valence-electron chi connectivity index (χ3n) is 6.34. The molecule has 1 aliphatic heterocycles. The summed E-state index contributed by atoms with van der Waals surface area (Å²) in [6, 6.07) is 9.46. The van der Waals surface area contributed by atoms with Crippen molar-refractivity contribution in [3.05, 3.63) is 42.5 Å². The van der Waals surface area contributed by atoms with E-state index in [9.17, 15) is 0 Å². The zero-order valence-corrected chi connectivity index (χ0v) is 16.5. The van der Waals surface area contributed by atoms with E-state index in [2.05, 4.69) is 35.7 Å². The molecule has 144 valence electrons. The summed E-state index contributed by atoms with van der Waals surface area (Å²) in [6.07, 6.45) is 17.3. The lowest BCUT2D eigenvalue weighted by atomic mass is 9.87. The second-order valence-electron chi connectivity index (χ2n) is 8.15. The standard InChI is InChI=1S/C24H37NO/c1-2-20-26-24-15-11-10-14-23(24)21-16-18-25(19-17-21)22-12-8-6-4-3-5-7-9-13-22/h2,10-11,14-15,21-22H,1,3-9,12-13,16-20H2. The van der Waals surface area contributed by atoms with Crippen LogP contribution in [0.4, 0.5) is 0 Å². The summed E-state index contributed by atoms with van der Waals surface area (Å²) in [7, 11) is 0. The van der Waals surface area contributed by atoms with Crippen LogP contribution < -0.4 is 4.74 Å². The number of nitrogens with zero attached hydrogens (tertiary/aromatic N) is 1. The number of ether oxygens (including phenoxy) is 1. The van der Waals surface area contributed by atoms with Crippen LogP contribution in [0.5, 0.6) is 5.75 Å². The van der Waals surface area contributed by atoms with Crippen LogP contribution in [0.2, 0.25) is 0 Å². The molecule has 2 fully saturated rings. The highest BCUT2D eigenvalue weighted by Crippen LogP contribution is 2.35. The molecule has 0 bridgehead atoms. The number of likely N-dealkylation sites (tertiary alicyclic amines) is 1. The van der Waals surface area contributed by atoms with Gasteiger partial charge in [0.25, 0.3) is 0 Å². The lowest BCUT2D eigenvalue weighted by Gasteiger charge is -2.38. The molecule has 3 rings (SSSR count). The zero-order chi connectivity index (χ0) is 18.0. The van der Waals surface area contributed by atoms with Crippen molar-refractivity contribution < 1.29 is 4.74 Å². The van der Waals surface area contributed by atoms with Gasteiger partial charge in [0.2, 0.25) is 0 Å². The van der Waals surface area contributed by atoms with Gasteiger partial charge in [0.05, 0.1) is 0 Å². The number of piperidine rings is 1. The molecule has 1 aromatic carbocycles. The largest absolute Gasteiger partial charge is 0.489 e. The number of para-hydroxylation sites is 1. The van der Waals surface area contributed by atoms with Crippen LogP contribution in [0.1, 0.15) is 82.1 Å². The first-order chi connectivity index (χ1) is 12.9. The third-order valence-corrected chi connectivity index (χ3v) is 6.34. The van der Waals surface area contributed by atoms with E-state index in [-0.39, 0.29) is 0 Å². The maximum atomic E-state index is 5.91. The summed E-state index contributed by atoms with van der Waals surface area (Å²) in [6.45, 7) is 6.88. The van der Waals surface area contributed by atoms with Gasteiger partial charge < -0.3 is 9.64 Å². The molecule has 1 aliphatic carbocycles. The van der Waals surface area contributed by atoms with Crippen molar-refractivity contribution in [2.24, 2.45) is 0 Å². The van der Waals surface area contributed by atoms with E-state index in [4.69, 9.17) is 4.74 Å². The molecule has 0 amide bonds. The van der Waals surface area contributed by atoms with Crippen molar-refractivity contribution in [1.29, 1.82) is 0 Å². The second kappa shape index (κ2) is 10.8. The Labute approximate surface area is 160 Å². The van der Waals surface area contributed by atoms with Crippen LogP contribution >= 0.6 is 0 Å². The Morgan fingerprint density at radius 3 is 2.15 bits per heavy atom. The van der Waals surface area contributed by atoms with Gasteiger partial charge in [-0.25, -0.2) is 0 Å². The average molecular weight is 356 g/mol. The molecule has 26 heavy (non-hydrogen) atoms. The van der Waals surface area contributed by atoms with Crippen LogP contribution in [-0.2, 0) is 0 Å². The molecule has 2 heteroatoms. The smallest absolute Gasteiger partial charge is 0.123 e. The fourth-order valence-electron chi connectivity index (χ4n) is 4.83. The molecule has 0 radical (unpaired) electrons. The molecular weight excluding hydrogens is 318 g/mol. The molecule has 0 unspecified atom stereocenters. The van der Waals surface area contributed by atoms with Crippen molar-refractivity contribution in [2.45, 2.75) is 82.6 Å². The zero-order valence-electron chi connectivity index (χ0n) is 16.5. The van der Waals surface area contributed by atoms with E-state index in [0.717, 1.165) is 11.8 Å². The van der Waals surface area contributed by atoms with Gasteiger partial charge in [0.1, 0.15) is 12.4 Å². The summed E-state index contributed by atoms with van der Waals surface area (Å²) in [5.74, 6) is 1.70. The van der Waals surface area contributed by atoms with E-state index >= 15 is 0 Å². The predicted molar refractivity (Wildman–Crippen MR) is 111 cm³/mol. The minimum Gasteiger partial charge on any atom is -0.489 e. The summed E-state index contributed by atoms with van der Waals surface area (Å²) >= 11 is 0. The SMILES string of the molecule is C=CCOc1ccccc1C1CCN(C2CCCCCCCCC2)CC1. The summed E-state index contributed by atoms with van der Waals surface area (Å²) in [4.78, 5) is 2.81. The molecule has 2 nitrogen and oxygen atoms in total. The predicted octanol–water partition coefficient (Wildman–Crippen LogP) is 6.32. The molecule has 1 saturated carbocycles. The number of rotatable bonds is 5. The van der Waals surface area contributed by atoms with Crippen LogP contribution in [0, 0.1) is 0 Å². The maximum Gasteiger partial charge on any atom is 0.123 e. The van der Waals surface area contributed by atoms with Crippen molar-refractivity contribution in [3.8, 4) is 5.75 Å². The van der Waals surface area contributed by atoms with Crippen molar-refractivity contribution in [1.82, 2.24) is 4.90 Å². The highest BCUT2D eigenvalue weighted by Gasteiger charge is 2.27. The van der Waals surface area contributed by atoms with Gasteiger partial charge in [0.15, 0.2) is 0 Å². The molecule has 0 N–H and O–H groups in total. The quantitative estimate of drug-likeness (QED) is 0.573. The molecule has 2 aliphatic rings. The van der Waals surface area contributed by atoms with Crippen molar-refractivity contribution in [2.75, 3.05) is 19.7 Å². The van der Waals surface area contributed by atoms with Crippen LogP contribution in [0.3, 0.4) is 0 Å². The third kappa shape index (κ3) is 5.61. The molecular formula is C24H37NO. The number of benzene rings is 1.